The van der Waals surface area contributed by atoms with Crippen LogP contribution in [-0.2, 0) is 16.6 Å². The normalized spacial score (nSPS) is 11.4. The quantitative estimate of drug-likeness (QED) is 0.906. The van der Waals surface area contributed by atoms with Crippen LogP contribution in [0.1, 0.15) is 11.1 Å². The highest BCUT2D eigenvalue weighted by molar-refractivity contribution is 7.92. The summed E-state index contributed by atoms with van der Waals surface area (Å²) in [6.07, 6.45) is 0. The second kappa shape index (κ2) is 6.01. The van der Waals surface area contributed by atoms with Crippen LogP contribution in [0.25, 0.3) is 0 Å². The maximum Gasteiger partial charge on any atom is 0.262 e. The first-order valence-corrected chi connectivity index (χ1v) is 7.97. The Labute approximate surface area is 127 Å². The SMILES string of the molecule is Cc1c(F)cc(CN)cc1S(=O)(=O)Nc1ccc(Cl)cc1. The lowest BCUT2D eigenvalue weighted by molar-refractivity contribution is 0.589. The summed E-state index contributed by atoms with van der Waals surface area (Å²) in [6, 6.07) is 8.77. The van der Waals surface area contributed by atoms with E-state index in [-0.39, 0.29) is 17.0 Å². The van der Waals surface area contributed by atoms with E-state index >= 15 is 0 Å². The Bertz CT molecular complexity index is 761. The van der Waals surface area contributed by atoms with E-state index in [4.69, 9.17) is 17.3 Å². The molecule has 0 amide bonds. The van der Waals surface area contributed by atoms with Crippen molar-refractivity contribution in [1.29, 1.82) is 0 Å². The monoisotopic (exact) mass is 328 g/mol. The predicted molar refractivity (Wildman–Crippen MR) is 81.3 cm³/mol. The first-order valence-electron chi connectivity index (χ1n) is 6.11. The van der Waals surface area contributed by atoms with Crippen LogP contribution in [0, 0.1) is 12.7 Å². The topological polar surface area (TPSA) is 72.2 Å². The van der Waals surface area contributed by atoms with E-state index in [1.165, 1.54) is 31.2 Å². The van der Waals surface area contributed by atoms with Gasteiger partial charge < -0.3 is 5.73 Å². The van der Waals surface area contributed by atoms with Crippen molar-refractivity contribution < 1.29 is 12.8 Å². The molecule has 0 saturated carbocycles. The van der Waals surface area contributed by atoms with Gasteiger partial charge in [0.2, 0.25) is 0 Å². The highest BCUT2D eigenvalue weighted by Crippen LogP contribution is 2.23. The summed E-state index contributed by atoms with van der Waals surface area (Å²) in [6.45, 7) is 1.47. The fraction of sp³-hybridized carbons (Fsp3) is 0.143. The molecule has 2 aromatic rings. The largest absolute Gasteiger partial charge is 0.326 e. The van der Waals surface area contributed by atoms with Gasteiger partial charge in [-0.3, -0.25) is 4.72 Å². The molecule has 0 unspecified atom stereocenters. The molecule has 0 aliphatic rings. The third-order valence-corrected chi connectivity index (χ3v) is 4.74. The molecule has 4 nitrogen and oxygen atoms in total. The van der Waals surface area contributed by atoms with E-state index < -0.39 is 15.8 Å². The molecule has 2 aromatic carbocycles. The number of halogens is 2. The van der Waals surface area contributed by atoms with Crippen LogP contribution in [0.4, 0.5) is 10.1 Å². The zero-order chi connectivity index (χ0) is 15.6. The van der Waals surface area contributed by atoms with Crippen molar-refractivity contribution >= 4 is 27.3 Å². The van der Waals surface area contributed by atoms with Crippen LogP contribution in [0.5, 0.6) is 0 Å². The van der Waals surface area contributed by atoms with Gasteiger partial charge in [0.15, 0.2) is 0 Å². The molecule has 0 aliphatic heterocycles. The minimum absolute atomic E-state index is 0.0497. The molecule has 0 heterocycles. The molecular formula is C14H14ClFN2O2S. The van der Waals surface area contributed by atoms with E-state index in [1.807, 2.05) is 0 Å². The zero-order valence-corrected chi connectivity index (χ0v) is 12.8. The van der Waals surface area contributed by atoms with Crippen LogP contribution < -0.4 is 10.5 Å². The van der Waals surface area contributed by atoms with E-state index in [2.05, 4.69) is 4.72 Å². The third kappa shape index (κ3) is 3.53. The van der Waals surface area contributed by atoms with Crippen LogP contribution in [0.3, 0.4) is 0 Å². The standard InChI is InChI=1S/C14H14ClFN2O2S/c1-9-13(16)6-10(8-17)7-14(9)21(19,20)18-12-4-2-11(15)3-5-12/h2-7,18H,8,17H2,1H3. The second-order valence-corrected chi connectivity index (χ2v) is 6.60. The highest BCUT2D eigenvalue weighted by Gasteiger charge is 2.20. The van der Waals surface area contributed by atoms with Crippen molar-refractivity contribution in [1.82, 2.24) is 0 Å². The molecule has 112 valence electrons. The minimum atomic E-state index is -3.90. The first-order chi connectivity index (χ1) is 9.83. The lowest BCUT2D eigenvalue weighted by Crippen LogP contribution is -2.16. The van der Waals surface area contributed by atoms with E-state index in [9.17, 15) is 12.8 Å². The number of benzene rings is 2. The summed E-state index contributed by atoms with van der Waals surface area (Å²) in [5.41, 5.74) is 6.26. The van der Waals surface area contributed by atoms with E-state index in [1.54, 1.807) is 12.1 Å². The predicted octanol–water partition coefficient (Wildman–Crippen LogP) is 3.05. The summed E-state index contributed by atoms with van der Waals surface area (Å²) in [5.74, 6) is -0.602. The number of nitrogens with one attached hydrogen (secondary N) is 1. The summed E-state index contributed by atoms with van der Waals surface area (Å²) in [7, 11) is -3.90. The molecule has 0 spiro atoms. The fourth-order valence-electron chi connectivity index (χ4n) is 1.83. The Hall–Kier alpha value is -1.63. The van der Waals surface area contributed by atoms with Crippen molar-refractivity contribution in [2.24, 2.45) is 5.73 Å². The number of hydrogen-bond donors (Lipinski definition) is 2. The van der Waals surface area contributed by atoms with Crippen LogP contribution in [0.15, 0.2) is 41.3 Å². The Kier molecular flexibility index (Phi) is 4.51. The zero-order valence-electron chi connectivity index (χ0n) is 11.2. The number of nitrogens with two attached hydrogens (primary N) is 1. The molecular weight excluding hydrogens is 315 g/mol. The molecule has 0 saturated heterocycles. The maximum absolute atomic E-state index is 13.8. The summed E-state index contributed by atoms with van der Waals surface area (Å²) in [5, 5.41) is 0.491. The van der Waals surface area contributed by atoms with E-state index in [0.717, 1.165) is 0 Å². The molecule has 21 heavy (non-hydrogen) atoms. The van der Waals surface area contributed by atoms with Crippen LogP contribution in [-0.4, -0.2) is 8.42 Å². The molecule has 2 rings (SSSR count). The van der Waals surface area contributed by atoms with Gasteiger partial charge in [0.25, 0.3) is 10.0 Å². The Morgan fingerprint density at radius 3 is 2.43 bits per heavy atom. The minimum Gasteiger partial charge on any atom is -0.326 e. The van der Waals surface area contributed by atoms with Crippen molar-refractivity contribution in [2.75, 3.05) is 4.72 Å². The van der Waals surface area contributed by atoms with Gasteiger partial charge in [0, 0.05) is 22.8 Å². The lowest BCUT2D eigenvalue weighted by atomic mass is 10.1. The van der Waals surface area contributed by atoms with Gasteiger partial charge in [-0.05, 0) is 48.9 Å². The smallest absolute Gasteiger partial charge is 0.262 e. The molecule has 0 atom stereocenters. The van der Waals surface area contributed by atoms with Gasteiger partial charge in [0.1, 0.15) is 5.82 Å². The van der Waals surface area contributed by atoms with Crippen LogP contribution in [0.2, 0.25) is 5.02 Å². The molecule has 0 aromatic heterocycles. The number of hydrogen-bond acceptors (Lipinski definition) is 3. The van der Waals surface area contributed by atoms with Gasteiger partial charge in [-0.25, -0.2) is 12.8 Å². The summed E-state index contributed by atoms with van der Waals surface area (Å²) < 4.78 is 40.9. The van der Waals surface area contributed by atoms with E-state index in [0.29, 0.717) is 16.3 Å². The summed E-state index contributed by atoms with van der Waals surface area (Å²) >= 11 is 5.74. The van der Waals surface area contributed by atoms with Gasteiger partial charge in [-0.15, -0.1) is 0 Å². The van der Waals surface area contributed by atoms with Crippen molar-refractivity contribution in [3.05, 3.63) is 58.4 Å². The molecule has 0 aliphatic carbocycles. The molecule has 3 N–H and O–H groups in total. The number of rotatable bonds is 4. The molecule has 0 radical (unpaired) electrons. The average molecular weight is 329 g/mol. The Morgan fingerprint density at radius 2 is 1.86 bits per heavy atom. The van der Waals surface area contributed by atoms with Crippen LogP contribution >= 0.6 is 11.6 Å². The number of sulfonamides is 1. The lowest BCUT2D eigenvalue weighted by Gasteiger charge is -2.12. The van der Waals surface area contributed by atoms with Gasteiger partial charge in [-0.2, -0.15) is 0 Å². The molecule has 0 bridgehead atoms. The van der Waals surface area contributed by atoms with Gasteiger partial charge >= 0.3 is 0 Å². The van der Waals surface area contributed by atoms with Crippen molar-refractivity contribution in [2.45, 2.75) is 18.4 Å². The third-order valence-electron chi connectivity index (χ3n) is 2.98. The van der Waals surface area contributed by atoms with Gasteiger partial charge in [-0.1, -0.05) is 11.6 Å². The molecule has 0 fully saturated rings. The summed E-state index contributed by atoms with van der Waals surface area (Å²) in [4.78, 5) is -0.127. The maximum atomic E-state index is 13.8. The first kappa shape index (κ1) is 15.8. The van der Waals surface area contributed by atoms with Crippen molar-refractivity contribution in [3.63, 3.8) is 0 Å². The second-order valence-electron chi connectivity index (χ2n) is 4.52. The van der Waals surface area contributed by atoms with Gasteiger partial charge in [0.05, 0.1) is 4.90 Å². The number of anilines is 1. The Balaban J connectivity index is 2.44. The molecule has 7 heteroatoms. The fourth-order valence-corrected chi connectivity index (χ4v) is 3.32. The average Bonchev–Trinajstić information content (AvgIpc) is 2.43. The Morgan fingerprint density at radius 1 is 1.24 bits per heavy atom. The van der Waals surface area contributed by atoms with Crippen molar-refractivity contribution in [3.8, 4) is 0 Å². The highest BCUT2D eigenvalue weighted by atomic mass is 35.5.